The Morgan fingerprint density at radius 1 is 1.17 bits per heavy atom. The molecule has 0 bridgehead atoms. The van der Waals surface area contributed by atoms with E-state index in [2.05, 4.69) is 10.6 Å². The van der Waals surface area contributed by atoms with Gasteiger partial charge in [-0.2, -0.15) is 0 Å². The number of carbonyl (C=O) groups is 2. The molecule has 0 radical (unpaired) electrons. The molecule has 3 amide bonds. The van der Waals surface area contributed by atoms with E-state index < -0.39 is 5.91 Å². The van der Waals surface area contributed by atoms with Crippen LogP contribution in [-0.2, 0) is 0 Å². The van der Waals surface area contributed by atoms with Gasteiger partial charge in [0, 0.05) is 17.3 Å². The van der Waals surface area contributed by atoms with Gasteiger partial charge in [-0.1, -0.05) is 13.8 Å². The van der Waals surface area contributed by atoms with Crippen LogP contribution in [0.2, 0.25) is 0 Å². The quantitative estimate of drug-likeness (QED) is 0.746. The third-order valence-electron chi connectivity index (χ3n) is 2.75. The van der Waals surface area contributed by atoms with E-state index in [-0.39, 0.29) is 12.1 Å². The van der Waals surface area contributed by atoms with Crippen LogP contribution in [-0.4, -0.2) is 18.0 Å². The molecule has 0 heterocycles. The number of carbonyl (C=O) groups excluding carboxylic acids is 2. The zero-order valence-corrected chi connectivity index (χ0v) is 10.7. The van der Waals surface area contributed by atoms with Crippen LogP contribution >= 0.6 is 0 Å². The number of hydrogen-bond donors (Lipinski definition) is 3. The first kappa shape index (κ1) is 14.0. The molecule has 98 valence electrons. The number of primary amides is 1. The maximum atomic E-state index is 11.6. The van der Waals surface area contributed by atoms with Crippen molar-refractivity contribution in [1.82, 2.24) is 5.32 Å². The number of benzene rings is 1. The molecule has 1 aromatic rings. The van der Waals surface area contributed by atoms with Crippen LogP contribution in [0, 0.1) is 0 Å². The monoisotopic (exact) mass is 249 g/mol. The summed E-state index contributed by atoms with van der Waals surface area (Å²) in [4.78, 5) is 22.5. The Labute approximate surface area is 107 Å². The predicted octanol–water partition coefficient (Wildman–Crippen LogP) is 2.10. The summed E-state index contributed by atoms with van der Waals surface area (Å²) in [5.74, 6) is -0.483. The smallest absolute Gasteiger partial charge is 0.319 e. The highest BCUT2D eigenvalue weighted by Gasteiger charge is 2.08. The Morgan fingerprint density at radius 2 is 1.72 bits per heavy atom. The minimum atomic E-state index is -0.483. The molecule has 0 fully saturated rings. The van der Waals surface area contributed by atoms with E-state index >= 15 is 0 Å². The maximum absolute atomic E-state index is 11.6. The van der Waals surface area contributed by atoms with Gasteiger partial charge >= 0.3 is 6.03 Å². The Morgan fingerprint density at radius 3 is 2.17 bits per heavy atom. The van der Waals surface area contributed by atoms with Gasteiger partial charge in [0.05, 0.1) is 0 Å². The third-order valence-corrected chi connectivity index (χ3v) is 2.75. The summed E-state index contributed by atoms with van der Waals surface area (Å²) in [5, 5.41) is 5.57. The molecule has 1 rings (SSSR count). The molecule has 5 heteroatoms. The summed E-state index contributed by atoms with van der Waals surface area (Å²) in [5.41, 5.74) is 6.17. The lowest BCUT2D eigenvalue weighted by Gasteiger charge is -2.15. The molecular formula is C13H19N3O2. The largest absolute Gasteiger partial charge is 0.366 e. The lowest BCUT2D eigenvalue weighted by Crippen LogP contribution is -2.37. The summed E-state index contributed by atoms with van der Waals surface area (Å²) >= 11 is 0. The summed E-state index contributed by atoms with van der Waals surface area (Å²) in [6.45, 7) is 4.05. The molecule has 0 saturated carbocycles. The van der Waals surface area contributed by atoms with Crippen molar-refractivity contribution in [1.29, 1.82) is 0 Å². The standard InChI is InChI=1S/C13H19N3O2/c1-3-10(4-2)15-13(18)16-11-7-5-9(6-8-11)12(14)17/h5-8,10H,3-4H2,1-2H3,(H2,14,17)(H2,15,16,18). The van der Waals surface area contributed by atoms with Crippen LogP contribution < -0.4 is 16.4 Å². The summed E-state index contributed by atoms with van der Waals surface area (Å²) in [6.07, 6.45) is 1.79. The highest BCUT2D eigenvalue weighted by atomic mass is 16.2. The second kappa shape index (κ2) is 6.64. The number of nitrogens with one attached hydrogen (secondary N) is 2. The van der Waals surface area contributed by atoms with E-state index in [9.17, 15) is 9.59 Å². The molecule has 0 spiro atoms. The second-order valence-electron chi connectivity index (χ2n) is 4.05. The van der Waals surface area contributed by atoms with Crippen molar-refractivity contribution in [3.8, 4) is 0 Å². The fourth-order valence-corrected chi connectivity index (χ4v) is 1.56. The molecular weight excluding hydrogens is 230 g/mol. The van der Waals surface area contributed by atoms with E-state index in [1.165, 1.54) is 0 Å². The number of anilines is 1. The van der Waals surface area contributed by atoms with Crippen LogP contribution in [0.15, 0.2) is 24.3 Å². The van der Waals surface area contributed by atoms with E-state index in [4.69, 9.17) is 5.73 Å². The van der Waals surface area contributed by atoms with Crippen molar-refractivity contribution in [2.24, 2.45) is 5.73 Å². The number of nitrogens with two attached hydrogens (primary N) is 1. The second-order valence-corrected chi connectivity index (χ2v) is 4.05. The first-order valence-electron chi connectivity index (χ1n) is 6.04. The van der Waals surface area contributed by atoms with Crippen LogP contribution in [0.25, 0.3) is 0 Å². The van der Waals surface area contributed by atoms with Crippen molar-refractivity contribution in [2.45, 2.75) is 32.7 Å². The van der Waals surface area contributed by atoms with Gasteiger partial charge in [0.25, 0.3) is 0 Å². The molecule has 18 heavy (non-hydrogen) atoms. The normalized spacial score (nSPS) is 10.2. The Bertz CT molecular complexity index is 411. The fraction of sp³-hybridized carbons (Fsp3) is 0.385. The Kier molecular flexibility index (Phi) is 5.17. The van der Waals surface area contributed by atoms with Crippen LogP contribution in [0.3, 0.4) is 0 Å². The molecule has 4 N–H and O–H groups in total. The molecule has 5 nitrogen and oxygen atoms in total. The molecule has 0 unspecified atom stereocenters. The highest BCUT2D eigenvalue weighted by Crippen LogP contribution is 2.09. The predicted molar refractivity (Wildman–Crippen MR) is 71.5 cm³/mol. The van der Waals surface area contributed by atoms with Gasteiger partial charge in [-0.05, 0) is 37.1 Å². The van der Waals surface area contributed by atoms with Crippen LogP contribution in [0.4, 0.5) is 10.5 Å². The average Bonchev–Trinajstić information content (AvgIpc) is 2.36. The molecule has 0 aliphatic heterocycles. The van der Waals surface area contributed by atoms with Crippen molar-refractivity contribution in [3.05, 3.63) is 29.8 Å². The number of urea groups is 1. The zero-order valence-electron chi connectivity index (χ0n) is 10.7. The van der Waals surface area contributed by atoms with Gasteiger partial charge in [-0.25, -0.2) is 4.79 Å². The van der Waals surface area contributed by atoms with Gasteiger partial charge in [0.2, 0.25) is 5.91 Å². The van der Waals surface area contributed by atoms with E-state index in [0.29, 0.717) is 11.3 Å². The summed E-state index contributed by atoms with van der Waals surface area (Å²) < 4.78 is 0. The SMILES string of the molecule is CCC(CC)NC(=O)Nc1ccc(C(N)=O)cc1. The fourth-order valence-electron chi connectivity index (χ4n) is 1.56. The topological polar surface area (TPSA) is 84.2 Å². The highest BCUT2D eigenvalue weighted by molar-refractivity contribution is 5.94. The lowest BCUT2D eigenvalue weighted by molar-refractivity contribution is 0.100. The first-order chi connectivity index (χ1) is 8.56. The molecule has 0 atom stereocenters. The summed E-state index contributed by atoms with van der Waals surface area (Å²) in [7, 11) is 0. The minimum absolute atomic E-state index is 0.176. The van der Waals surface area contributed by atoms with Crippen molar-refractivity contribution < 1.29 is 9.59 Å². The first-order valence-corrected chi connectivity index (χ1v) is 6.04. The number of rotatable bonds is 5. The maximum Gasteiger partial charge on any atom is 0.319 e. The van der Waals surface area contributed by atoms with Crippen LogP contribution in [0.5, 0.6) is 0 Å². The molecule has 0 saturated heterocycles. The van der Waals surface area contributed by atoms with Crippen LogP contribution in [0.1, 0.15) is 37.0 Å². The van der Waals surface area contributed by atoms with E-state index in [0.717, 1.165) is 12.8 Å². The van der Waals surface area contributed by atoms with Gasteiger partial charge in [-0.15, -0.1) is 0 Å². The van der Waals surface area contributed by atoms with Crippen molar-refractivity contribution >= 4 is 17.6 Å². The van der Waals surface area contributed by atoms with E-state index in [1.807, 2.05) is 13.8 Å². The minimum Gasteiger partial charge on any atom is -0.366 e. The van der Waals surface area contributed by atoms with E-state index in [1.54, 1.807) is 24.3 Å². The molecule has 0 aromatic heterocycles. The van der Waals surface area contributed by atoms with Gasteiger partial charge in [0.15, 0.2) is 0 Å². The zero-order chi connectivity index (χ0) is 13.5. The lowest BCUT2D eigenvalue weighted by atomic mass is 10.2. The third kappa shape index (κ3) is 4.08. The van der Waals surface area contributed by atoms with Gasteiger partial charge < -0.3 is 16.4 Å². The van der Waals surface area contributed by atoms with Gasteiger partial charge in [0.1, 0.15) is 0 Å². The van der Waals surface area contributed by atoms with Gasteiger partial charge in [-0.3, -0.25) is 4.79 Å². The summed E-state index contributed by atoms with van der Waals surface area (Å²) in [6, 6.07) is 6.38. The number of amides is 3. The molecule has 1 aromatic carbocycles. The number of hydrogen-bond acceptors (Lipinski definition) is 2. The van der Waals surface area contributed by atoms with Crippen molar-refractivity contribution in [2.75, 3.05) is 5.32 Å². The molecule has 0 aliphatic rings. The average molecular weight is 249 g/mol. The molecule has 0 aliphatic carbocycles. The Balaban J connectivity index is 2.56. The van der Waals surface area contributed by atoms with Crippen molar-refractivity contribution in [3.63, 3.8) is 0 Å². The Hall–Kier alpha value is -2.04.